The molecule has 0 spiro atoms. The van der Waals surface area contributed by atoms with Crippen LogP contribution in [0, 0.1) is 0 Å². The quantitative estimate of drug-likeness (QED) is 0.762. The van der Waals surface area contributed by atoms with E-state index in [4.69, 9.17) is 18.5 Å². The molecule has 1 aliphatic carbocycles. The standard InChI is InChI=1S/C12H15ClO/c13-11-5-1-9(2-6-11)10-3-7-12(14)8-4-10/h1-2,5-6,10,12,14H,3-4,7-8H2/i3D2,7D2,12D. The zero-order valence-electron chi connectivity index (χ0n) is 12.6. The topological polar surface area (TPSA) is 20.2 Å². The van der Waals surface area contributed by atoms with Gasteiger partial charge in [-0.3, -0.25) is 0 Å². The van der Waals surface area contributed by atoms with Crippen LogP contribution in [0.4, 0.5) is 0 Å². The van der Waals surface area contributed by atoms with Crippen molar-refractivity contribution in [1.29, 1.82) is 0 Å². The lowest BCUT2D eigenvalue weighted by atomic mass is 9.83. The Balaban J connectivity index is 2.41. The molecule has 0 bridgehead atoms. The van der Waals surface area contributed by atoms with Crippen molar-refractivity contribution in [3.05, 3.63) is 34.9 Å². The van der Waals surface area contributed by atoms with Gasteiger partial charge >= 0.3 is 0 Å². The zero-order valence-corrected chi connectivity index (χ0v) is 8.38. The first-order chi connectivity index (χ1) is 8.59. The van der Waals surface area contributed by atoms with Gasteiger partial charge in [-0.2, -0.15) is 0 Å². The highest BCUT2D eigenvalue weighted by atomic mass is 35.5. The van der Waals surface area contributed by atoms with E-state index >= 15 is 0 Å². The van der Waals surface area contributed by atoms with E-state index in [1.165, 1.54) is 0 Å². The maximum atomic E-state index is 9.78. The van der Waals surface area contributed by atoms with Crippen LogP contribution in [0.3, 0.4) is 0 Å². The van der Waals surface area contributed by atoms with Gasteiger partial charge in [0.1, 0.15) is 0 Å². The monoisotopic (exact) mass is 215 g/mol. The fraction of sp³-hybridized carbons (Fsp3) is 0.500. The summed E-state index contributed by atoms with van der Waals surface area (Å²) in [5.74, 6) is -0.703. The molecule has 2 atom stereocenters. The van der Waals surface area contributed by atoms with Crippen LogP contribution in [0.15, 0.2) is 24.3 Å². The average Bonchev–Trinajstić information content (AvgIpc) is 2.29. The van der Waals surface area contributed by atoms with Crippen LogP contribution in [0.5, 0.6) is 0 Å². The van der Waals surface area contributed by atoms with E-state index < -0.39 is 24.7 Å². The van der Waals surface area contributed by atoms with Crippen LogP contribution < -0.4 is 0 Å². The Bertz CT molecular complexity index is 472. The Labute approximate surface area is 96.7 Å². The minimum atomic E-state index is -2.64. The number of hydrogen-bond donors (Lipinski definition) is 1. The minimum absolute atomic E-state index is 0.104. The van der Waals surface area contributed by atoms with Crippen LogP contribution in [0.1, 0.15) is 43.9 Å². The number of halogens is 1. The van der Waals surface area contributed by atoms with Crippen LogP contribution in [0.25, 0.3) is 0 Å². The highest BCUT2D eigenvalue weighted by Crippen LogP contribution is 2.33. The number of hydrogen-bond acceptors (Lipinski definition) is 1. The summed E-state index contributed by atoms with van der Waals surface area (Å²) in [5, 5.41) is 10.3. The van der Waals surface area contributed by atoms with Gasteiger partial charge in [-0.1, -0.05) is 23.7 Å². The predicted molar refractivity (Wildman–Crippen MR) is 58.7 cm³/mol. The summed E-state index contributed by atoms with van der Waals surface area (Å²) < 4.78 is 39.2. The Morgan fingerprint density at radius 3 is 2.71 bits per heavy atom. The summed E-state index contributed by atoms with van der Waals surface area (Å²) in [6.45, 7) is 0. The molecule has 0 heterocycles. The first-order valence-corrected chi connectivity index (χ1v) is 4.95. The van der Waals surface area contributed by atoms with E-state index in [1.54, 1.807) is 24.3 Å². The van der Waals surface area contributed by atoms with Gasteiger partial charge < -0.3 is 5.11 Å². The fourth-order valence-corrected chi connectivity index (χ4v) is 1.66. The Kier molecular flexibility index (Phi) is 1.71. The lowest BCUT2D eigenvalue weighted by Crippen LogP contribution is -2.16. The van der Waals surface area contributed by atoms with Gasteiger partial charge in [0, 0.05) is 10.5 Å². The third-order valence-corrected chi connectivity index (χ3v) is 2.58. The molecule has 14 heavy (non-hydrogen) atoms. The molecule has 1 aliphatic rings. The molecule has 0 amide bonds. The molecule has 2 unspecified atom stereocenters. The molecule has 1 aromatic rings. The molecule has 0 radical (unpaired) electrons. The average molecular weight is 216 g/mol. The molecular weight excluding hydrogens is 196 g/mol. The van der Waals surface area contributed by atoms with Crippen molar-refractivity contribution < 1.29 is 12.0 Å². The van der Waals surface area contributed by atoms with E-state index in [2.05, 4.69) is 0 Å². The molecule has 0 aromatic heterocycles. The van der Waals surface area contributed by atoms with Crippen LogP contribution in [-0.2, 0) is 0 Å². The number of rotatable bonds is 1. The Morgan fingerprint density at radius 1 is 1.29 bits per heavy atom. The van der Waals surface area contributed by atoms with Gasteiger partial charge in [0.05, 0.1) is 7.45 Å². The summed E-state index contributed by atoms with van der Waals surface area (Å²) in [6, 6.07) is 6.58. The molecule has 1 saturated carbocycles. The van der Waals surface area contributed by atoms with Crippen molar-refractivity contribution in [2.75, 3.05) is 0 Å². The molecule has 1 N–H and O–H groups in total. The number of aliphatic hydroxyl groups is 1. The van der Waals surface area contributed by atoms with Crippen molar-refractivity contribution in [3.63, 3.8) is 0 Å². The van der Waals surface area contributed by atoms with E-state index in [9.17, 15) is 5.11 Å². The third-order valence-electron chi connectivity index (χ3n) is 2.33. The largest absolute Gasteiger partial charge is 0.393 e. The second kappa shape index (κ2) is 4.33. The van der Waals surface area contributed by atoms with Gasteiger partial charge in [-0.05, 0) is 49.2 Å². The second-order valence-electron chi connectivity index (χ2n) is 3.36. The van der Waals surface area contributed by atoms with Gasteiger partial charge in [0.15, 0.2) is 0 Å². The van der Waals surface area contributed by atoms with Crippen molar-refractivity contribution >= 4 is 11.6 Å². The van der Waals surface area contributed by atoms with Crippen molar-refractivity contribution in [2.45, 2.75) is 37.6 Å². The normalized spacial score (nSPS) is 45.3. The smallest absolute Gasteiger partial charge is 0.0600 e. The van der Waals surface area contributed by atoms with Crippen molar-refractivity contribution in [1.82, 2.24) is 0 Å². The van der Waals surface area contributed by atoms with Crippen molar-refractivity contribution in [2.24, 2.45) is 0 Å². The molecule has 0 aliphatic heterocycles. The maximum absolute atomic E-state index is 9.78. The Morgan fingerprint density at radius 2 is 2.00 bits per heavy atom. The van der Waals surface area contributed by atoms with Crippen LogP contribution in [0.2, 0.25) is 5.02 Å². The molecule has 0 saturated heterocycles. The number of benzene rings is 1. The summed E-state index contributed by atoms with van der Waals surface area (Å²) in [4.78, 5) is 0. The van der Waals surface area contributed by atoms with Gasteiger partial charge in [0.25, 0.3) is 0 Å². The molecule has 1 aromatic carbocycles. The first kappa shape index (κ1) is 5.53. The Hall–Kier alpha value is -0.530. The molecular formula is C12H15ClO. The van der Waals surface area contributed by atoms with E-state index in [0.29, 0.717) is 10.6 Å². The molecule has 76 valence electrons. The zero-order chi connectivity index (χ0) is 14.5. The molecule has 1 fully saturated rings. The predicted octanol–water partition coefficient (Wildman–Crippen LogP) is 3.36. The first-order valence-electron chi connectivity index (χ1n) is 7.07. The molecule has 2 rings (SSSR count). The van der Waals surface area contributed by atoms with E-state index in [1.807, 2.05) is 0 Å². The lowest BCUT2D eigenvalue weighted by molar-refractivity contribution is 0.122. The summed E-state index contributed by atoms with van der Waals surface area (Å²) in [5.41, 5.74) is 0.633. The summed E-state index contributed by atoms with van der Waals surface area (Å²) in [6.07, 6.45) is -7.25. The summed E-state index contributed by atoms with van der Waals surface area (Å²) >= 11 is 5.79. The SMILES string of the molecule is [2H]C1(O)CCC(c2ccc(Cl)cc2)C([2H])([2H])C1([2H])[2H]. The second-order valence-corrected chi connectivity index (χ2v) is 3.80. The fourth-order valence-electron chi connectivity index (χ4n) is 1.53. The highest BCUT2D eigenvalue weighted by molar-refractivity contribution is 6.30. The molecule has 1 nitrogen and oxygen atoms in total. The van der Waals surface area contributed by atoms with Gasteiger partial charge in [-0.25, -0.2) is 0 Å². The summed E-state index contributed by atoms with van der Waals surface area (Å²) in [7, 11) is 0. The lowest BCUT2D eigenvalue weighted by Gasteiger charge is -2.25. The third kappa shape index (κ3) is 2.28. The van der Waals surface area contributed by atoms with Crippen LogP contribution >= 0.6 is 11.6 Å². The molecule has 2 heteroatoms. The minimum Gasteiger partial charge on any atom is -0.393 e. The van der Waals surface area contributed by atoms with Gasteiger partial charge in [-0.15, -0.1) is 0 Å². The van der Waals surface area contributed by atoms with Crippen LogP contribution in [-0.4, -0.2) is 11.2 Å². The van der Waals surface area contributed by atoms with Crippen molar-refractivity contribution in [3.8, 4) is 0 Å². The van der Waals surface area contributed by atoms with E-state index in [0.717, 1.165) is 0 Å². The van der Waals surface area contributed by atoms with Gasteiger partial charge in [0.2, 0.25) is 0 Å². The highest BCUT2D eigenvalue weighted by Gasteiger charge is 2.20. The maximum Gasteiger partial charge on any atom is 0.0600 e. The van der Waals surface area contributed by atoms with E-state index in [-0.39, 0.29) is 12.8 Å².